The summed E-state index contributed by atoms with van der Waals surface area (Å²) >= 11 is 6.30. The highest BCUT2D eigenvalue weighted by Crippen LogP contribution is 2.22. The fraction of sp³-hybridized carbons (Fsp3) is 0.269. The van der Waals surface area contributed by atoms with Gasteiger partial charge in [-0.2, -0.15) is 0 Å². The molecule has 6 nitrogen and oxygen atoms in total. The van der Waals surface area contributed by atoms with Crippen molar-refractivity contribution in [3.8, 4) is 0 Å². The minimum atomic E-state index is -0.613. The predicted octanol–water partition coefficient (Wildman–Crippen LogP) is 4.54. The number of benzene rings is 2. The van der Waals surface area contributed by atoms with Gasteiger partial charge in [0.2, 0.25) is 0 Å². The molecule has 1 fully saturated rings. The molecule has 170 valence electrons. The monoisotopic (exact) mass is 463 g/mol. The minimum Gasteiger partial charge on any atom is -0.344 e. The maximum Gasteiger partial charge on any atom is 0.325 e. The van der Waals surface area contributed by atoms with Crippen molar-refractivity contribution in [3.63, 3.8) is 0 Å². The maximum atomic E-state index is 13.1. The minimum absolute atomic E-state index is 0.263. The summed E-state index contributed by atoms with van der Waals surface area (Å²) < 4.78 is 2.02. The first-order valence-corrected chi connectivity index (χ1v) is 11.3. The molecule has 1 aliphatic rings. The number of halogens is 1. The first kappa shape index (κ1) is 22.8. The van der Waals surface area contributed by atoms with E-state index < -0.39 is 12.1 Å². The molecule has 4 rings (SSSR count). The Morgan fingerprint density at radius 1 is 1.03 bits per heavy atom. The number of nitrogens with one attached hydrogen (secondary N) is 1. The Balaban J connectivity index is 1.44. The molecule has 33 heavy (non-hydrogen) atoms. The Hall–Kier alpha value is -3.38. The first-order chi connectivity index (χ1) is 15.8. The van der Waals surface area contributed by atoms with Gasteiger partial charge in [-0.15, -0.1) is 0 Å². The number of carbonyl (C=O) groups is 3. The summed E-state index contributed by atoms with van der Waals surface area (Å²) in [6, 6.07) is 18.1. The van der Waals surface area contributed by atoms with Crippen molar-refractivity contribution in [2.75, 3.05) is 6.54 Å². The van der Waals surface area contributed by atoms with Gasteiger partial charge in [-0.05, 0) is 49.9 Å². The average molecular weight is 464 g/mol. The Labute approximate surface area is 198 Å². The topological polar surface area (TPSA) is 71.4 Å². The number of nitrogens with zero attached hydrogens (tertiary/aromatic N) is 2. The lowest BCUT2D eigenvalue weighted by Crippen LogP contribution is -2.36. The van der Waals surface area contributed by atoms with Gasteiger partial charge in [-0.1, -0.05) is 60.1 Å². The molecular weight excluding hydrogens is 438 g/mol. The Morgan fingerprint density at radius 3 is 2.45 bits per heavy atom. The number of Topliss-reactive ketones (excluding diaryl/α,β-unsaturated/α-hetero) is 1. The molecule has 0 radical (unpaired) electrons. The summed E-state index contributed by atoms with van der Waals surface area (Å²) in [5, 5.41) is 3.38. The van der Waals surface area contributed by atoms with Gasteiger partial charge in [-0.25, -0.2) is 4.79 Å². The highest BCUT2D eigenvalue weighted by molar-refractivity contribution is 6.31. The number of urea groups is 1. The van der Waals surface area contributed by atoms with Crippen LogP contribution in [0.4, 0.5) is 4.79 Å². The van der Waals surface area contributed by atoms with Crippen LogP contribution in [0.2, 0.25) is 5.02 Å². The van der Waals surface area contributed by atoms with Crippen LogP contribution in [0.3, 0.4) is 0 Å². The molecule has 1 N–H and O–H groups in total. The largest absolute Gasteiger partial charge is 0.344 e. The number of aromatic nitrogens is 1. The van der Waals surface area contributed by atoms with E-state index in [-0.39, 0.29) is 18.2 Å². The number of ketones is 1. The molecule has 1 saturated heterocycles. The number of hydrogen-bond acceptors (Lipinski definition) is 3. The Bertz CT molecular complexity index is 1200. The van der Waals surface area contributed by atoms with Gasteiger partial charge in [0.05, 0.1) is 6.54 Å². The lowest BCUT2D eigenvalue weighted by atomic mass is 10.1. The third-order valence-corrected chi connectivity index (χ3v) is 6.50. The standard InChI is InChI=1S/C26H26ClN3O3/c1-17-14-21(18(2)29(17)15-20-10-6-7-11-22(20)27)24(31)16-30-25(32)23(28-26(30)33)13-12-19-8-4-3-5-9-19/h3-11,14,23H,12-13,15-16H2,1-2H3,(H,28,33)/t23-/m1/s1. The fourth-order valence-electron chi connectivity index (χ4n) is 4.23. The van der Waals surface area contributed by atoms with Crippen molar-refractivity contribution in [2.45, 2.75) is 39.3 Å². The van der Waals surface area contributed by atoms with Crippen molar-refractivity contribution in [2.24, 2.45) is 0 Å². The number of rotatable bonds is 8. The van der Waals surface area contributed by atoms with Crippen LogP contribution >= 0.6 is 11.6 Å². The number of imide groups is 1. The molecule has 0 saturated carbocycles. The van der Waals surface area contributed by atoms with E-state index in [1.165, 1.54) is 0 Å². The van der Waals surface area contributed by atoms with Crippen LogP contribution in [0.15, 0.2) is 60.7 Å². The summed E-state index contributed by atoms with van der Waals surface area (Å²) in [6.45, 7) is 4.05. The number of amides is 3. The van der Waals surface area contributed by atoms with Crippen LogP contribution in [0.5, 0.6) is 0 Å². The van der Waals surface area contributed by atoms with Crippen molar-refractivity contribution in [1.82, 2.24) is 14.8 Å². The zero-order valence-corrected chi connectivity index (χ0v) is 19.4. The van der Waals surface area contributed by atoms with E-state index in [1.54, 1.807) is 6.07 Å². The number of carbonyl (C=O) groups excluding carboxylic acids is 3. The molecule has 7 heteroatoms. The summed E-state index contributed by atoms with van der Waals surface area (Å²) in [7, 11) is 0. The second-order valence-electron chi connectivity index (χ2n) is 8.34. The highest BCUT2D eigenvalue weighted by Gasteiger charge is 2.39. The lowest BCUT2D eigenvalue weighted by molar-refractivity contribution is -0.127. The fourth-order valence-corrected chi connectivity index (χ4v) is 4.43. The predicted molar refractivity (Wildman–Crippen MR) is 128 cm³/mol. The molecule has 2 aromatic carbocycles. The molecule has 0 unspecified atom stereocenters. The molecular formula is C26H26ClN3O3. The Kier molecular flexibility index (Phi) is 6.65. The number of aryl methyl sites for hydroxylation is 2. The van der Waals surface area contributed by atoms with Gasteiger partial charge in [0.25, 0.3) is 5.91 Å². The third kappa shape index (κ3) is 4.86. The molecule has 2 heterocycles. The molecule has 1 aliphatic heterocycles. The van der Waals surface area contributed by atoms with Gasteiger partial charge < -0.3 is 9.88 Å². The molecule has 1 atom stereocenters. The quantitative estimate of drug-likeness (QED) is 0.393. The molecule has 1 aromatic heterocycles. The van der Waals surface area contributed by atoms with E-state index in [0.717, 1.165) is 27.4 Å². The van der Waals surface area contributed by atoms with Crippen LogP contribution in [0, 0.1) is 13.8 Å². The van der Waals surface area contributed by atoms with Crippen molar-refractivity contribution >= 4 is 29.3 Å². The second kappa shape index (κ2) is 9.63. The summed E-state index contributed by atoms with van der Waals surface area (Å²) in [4.78, 5) is 39.3. The first-order valence-electron chi connectivity index (χ1n) is 10.9. The zero-order valence-electron chi connectivity index (χ0n) is 18.7. The van der Waals surface area contributed by atoms with E-state index in [9.17, 15) is 14.4 Å². The van der Waals surface area contributed by atoms with Gasteiger partial charge in [0, 0.05) is 28.5 Å². The second-order valence-corrected chi connectivity index (χ2v) is 8.74. The molecule has 3 amide bonds. The number of hydrogen-bond donors (Lipinski definition) is 1. The smallest absolute Gasteiger partial charge is 0.325 e. The van der Waals surface area contributed by atoms with Gasteiger partial charge in [0.15, 0.2) is 5.78 Å². The molecule has 0 aliphatic carbocycles. The van der Waals surface area contributed by atoms with E-state index in [1.807, 2.05) is 73.0 Å². The van der Waals surface area contributed by atoms with E-state index in [0.29, 0.717) is 30.0 Å². The van der Waals surface area contributed by atoms with Gasteiger partial charge >= 0.3 is 6.03 Å². The lowest BCUT2D eigenvalue weighted by Gasteiger charge is -2.13. The van der Waals surface area contributed by atoms with Crippen LogP contribution < -0.4 is 5.32 Å². The normalized spacial score (nSPS) is 15.7. The summed E-state index contributed by atoms with van der Waals surface area (Å²) in [5.41, 5.74) is 4.25. The van der Waals surface area contributed by atoms with Crippen molar-refractivity contribution < 1.29 is 14.4 Å². The van der Waals surface area contributed by atoms with Crippen LogP contribution in [-0.2, 0) is 17.8 Å². The zero-order chi connectivity index (χ0) is 23.5. The third-order valence-electron chi connectivity index (χ3n) is 6.13. The van der Waals surface area contributed by atoms with E-state index in [2.05, 4.69) is 5.32 Å². The summed E-state index contributed by atoms with van der Waals surface area (Å²) in [6.07, 6.45) is 1.16. The molecule has 0 bridgehead atoms. The average Bonchev–Trinajstić information content (AvgIpc) is 3.24. The maximum absolute atomic E-state index is 13.1. The molecule has 0 spiro atoms. The SMILES string of the molecule is Cc1cc(C(=O)CN2C(=O)N[C@H](CCc3ccccc3)C2=O)c(C)n1Cc1ccccc1Cl. The van der Waals surface area contributed by atoms with Crippen molar-refractivity contribution in [1.29, 1.82) is 0 Å². The van der Waals surface area contributed by atoms with E-state index >= 15 is 0 Å². The van der Waals surface area contributed by atoms with Crippen molar-refractivity contribution in [3.05, 3.63) is 93.8 Å². The van der Waals surface area contributed by atoms with Crippen LogP contribution in [-0.4, -0.2) is 39.8 Å². The van der Waals surface area contributed by atoms with Gasteiger partial charge in [-0.3, -0.25) is 14.5 Å². The highest BCUT2D eigenvalue weighted by atomic mass is 35.5. The Morgan fingerprint density at radius 2 is 1.73 bits per heavy atom. The molecule has 3 aromatic rings. The van der Waals surface area contributed by atoms with Crippen LogP contribution in [0.25, 0.3) is 0 Å². The summed E-state index contributed by atoms with van der Waals surface area (Å²) in [5.74, 6) is -0.616. The van der Waals surface area contributed by atoms with Gasteiger partial charge in [0.1, 0.15) is 6.04 Å². The van der Waals surface area contributed by atoms with Crippen LogP contribution in [0.1, 0.15) is 39.3 Å². The van der Waals surface area contributed by atoms with E-state index in [4.69, 9.17) is 11.6 Å².